The molecule has 0 aliphatic rings. The Morgan fingerprint density at radius 2 is 0.833 bits per heavy atom. The van der Waals surface area contributed by atoms with Crippen molar-refractivity contribution in [3.05, 3.63) is 0 Å². The molecule has 0 aromatic carbocycles. The van der Waals surface area contributed by atoms with Crippen LogP contribution in [0.4, 0.5) is 0 Å². The average molecular weight is 352 g/mol. The molecule has 0 unspecified atom stereocenters. The number of ketones is 2. The number of carboxylic acids is 2. The quantitative estimate of drug-likeness (QED) is 0.388. The van der Waals surface area contributed by atoms with Gasteiger partial charge in [0.05, 0.1) is 26.4 Å². The molecule has 0 aromatic rings. The summed E-state index contributed by atoms with van der Waals surface area (Å²) in [7, 11) is 0. The first-order valence-electron chi connectivity index (χ1n) is 6.99. The van der Waals surface area contributed by atoms with Crippen molar-refractivity contribution in [3.8, 4) is 0 Å². The highest BCUT2D eigenvalue weighted by atomic mass is 16.5. The van der Waals surface area contributed by atoms with Crippen LogP contribution < -0.4 is 0 Å². The third kappa shape index (κ3) is 28.3. The SMILES string of the molecule is CC(=O)COCCOCC(C)=O.O=C(O)COCCOCC(=O)O. The molecule has 0 aliphatic heterocycles. The normalized spacial score (nSPS) is 9.75. The fraction of sp³-hybridized carbons (Fsp3) is 0.714. The number of hydrogen-bond acceptors (Lipinski definition) is 8. The maximum Gasteiger partial charge on any atom is 0.329 e. The van der Waals surface area contributed by atoms with Gasteiger partial charge in [0.15, 0.2) is 11.6 Å². The third-order valence-corrected chi connectivity index (χ3v) is 1.81. The van der Waals surface area contributed by atoms with Crippen molar-refractivity contribution in [2.75, 3.05) is 52.9 Å². The maximum absolute atomic E-state index is 10.4. The summed E-state index contributed by atoms with van der Waals surface area (Å²) in [5.74, 6) is -2.15. The Morgan fingerprint density at radius 3 is 1.04 bits per heavy atom. The van der Waals surface area contributed by atoms with Gasteiger partial charge in [-0.05, 0) is 13.8 Å². The van der Waals surface area contributed by atoms with Gasteiger partial charge in [0.1, 0.15) is 26.4 Å². The molecule has 0 aromatic heterocycles. The molecule has 0 saturated carbocycles. The highest BCUT2D eigenvalue weighted by Gasteiger charge is 1.98. The molecule has 0 fully saturated rings. The van der Waals surface area contributed by atoms with Gasteiger partial charge in [-0.2, -0.15) is 0 Å². The highest BCUT2D eigenvalue weighted by Crippen LogP contribution is 1.80. The van der Waals surface area contributed by atoms with Gasteiger partial charge in [-0.1, -0.05) is 0 Å². The van der Waals surface area contributed by atoms with Gasteiger partial charge in [-0.3, -0.25) is 9.59 Å². The lowest BCUT2D eigenvalue weighted by Gasteiger charge is -2.01. The van der Waals surface area contributed by atoms with Gasteiger partial charge in [0, 0.05) is 0 Å². The predicted molar refractivity (Wildman–Crippen MR) is 79.9 cm³/mol. The standard InChI is InChI=1S/C8H14O4.C6H10O6/c1-7(9)5-11-3-4-12-6-8(2)10;7-5(8)3-11-1-2-12-4-6(9)10/h3-6H2,1-2H3;1-4H2,(H,7,8)(H,9,10). The van der Waals surface area contributed by atoms with Crippen molar-refractivity contribution >= 4 is 23.5 Å². The first-order chi connectivity index (χ1) is 11.3. The van der Waals surface area contributed by atoms with E-state index in [1.165, 1.54) is 13.8 Å². The lowest BCUT2D eigenvalue weighted by molar-refractivity contribution is -0.146. The highest BCUT2D eigenvalue weighted by molar-refractivity contribution is 5.77. The van der Waals surface area contributed by atoms with Crippen molar-refractivity contribution in [2.45, 2.75) is 13.8 Å². The monoisotopic (exact) mass is 352 g/mol. The lowest BCUT2D eigenvalue weighted by atomic mass is 10.5. The minimum Gasteiger partial charge on any atom is -0.480 e. The van der Waals surface area contributed by atoms with Crippen LogP contribution >= 0.6 is 0 Å². The van der Waals surface area contributed by atoms with Crippen LogP contribution in [-0.2, 0) is 38.1 Å². The van der Waals surface area contributed by atoms with E-state index in [2.05, 4.69) is 9.47 Å². The van der Waals surface area contributed by atoms with Gasteiger partial charge in [-0.25, -0.2) is 9.59 Å². The molecule has 0 spiro atoms. The number of ether oxygens (including phenoxy) is 4. The lowest BCUT2D eigenvalue weighted by Crippen LogP contribution is -2.14. The minimum atomic E-state index is -1.06. The molecule has 0 saturated heterocycles. The number of carboxylic acid groups (broad SMARTS) is 2. The Balaban J connectivity index is 0. The molecule has 0 bridgehead atoms. The zero-order valence-electron chi connectivity index (χ0n) is 13.8. The largest absolute Gasteiger partial charge is 0.480 e. The molecule has 10 heteroatoms. The second kappa shape index (κ2) is 17.5. The molecule has 0 heterocycles. The molecule has 0 atom stereocenters. The van der Waals surface area contributed by atoms with Crippen LogP contribution in [-0.4, -0.2) is 86.6 Å². The summed E-state index contributed by atoms with van der Waals surface area (Å²) in [6, 6.07) is 0. The fourth-order valence-electron chi connectivity index (χ4n) is 0.986. The summed E-state index contributed by atoms with van der Waals surface area (Å²) in [5, 5.41) is 16.2. The second-order valence-corrected chi connectivity index (χ2v) is 4.40. The van der Waals surface area contributed by atoms with E-state index in [-0.39, 0.29) is 38.0 Å². The summed E-state index contributed by atoms with van der Waals surface area (Å²) >= 11 is 0. The van der Waals surface area contributed by atoms with E-state index < -0.39 is 25.2 Å². The third-order valence-electron chi connectivity index (χ3n) is 1.81. The van der Waals surface area contributed by atoms with Crippen molar-refractivity contribution in [3.63, 3.8) is 0 Å². The van der Waals surface area contributed by atoms with Crippen LogP contribution in [0.1, 0.15) is 13.8 Å². The summed E-state index contributed by atoms with van der Waals surface area (Å²) in [6.07, 6.45) is 0. The summed E-state index contributed by atoms with van der Waals surface area (Å²) in [6.45, 7) is 3.23. The fourth-order valence-corrected chi connectivity index (χ4v) is 0.986. The molecule has 0 rings (SSSR count). The van der Waals surface area contributed by atoms with Crippen LogP contribution in [0.2, 0.25) is 0 Å². The first kappa shape index (κ1) is 24.4. The van der Waals surface area contributed by atoms with Crippen LogP contribution in [0.3, 0.4) is 0 Å². The number of rotatable bonds is 14. The molecular formula is C14H24O10. The van der Waals surface area contributed by atoms with Crippen molar-refractivity contribution in [1.82, 2.24) is 0 Å². The van der Waals surface area contributed by atoms with E-state index in [0.717, 1.165) is 0 Å². The molecule has 0 aliphatic carbocycles. The van der Waals surface area contributed by atoms with E-state index in [1.807, 2.05) is 0 Å². The Morgan fingerprint density at radius 1 is 0.583 bits per heavy atom. The molecule has 0 radical (unpaired) electrons. The average Bonchev–Trinajstić information content (AvgIpc) is 2.46. The molecule has 2 N–H and O–H groups in total. The summed E-state index contributed by atoms with van der Waals surface area (Å²) in [4.78, 5) is 40.5. The number of carbonyl (C=O) groups excluding carboxylic acids is 2. The zero-order chi connectivity index (χ0) is 18.8. The zero-order valence-corrected chi connectivity index (χ0v) is 13.8. The van der Waals surface area contributed by atoms with Crippen LogP contribution in [0.25, 0.3) is 0 Å². The van der Waals surface area contributed by atoms with E-state index in [1.54, 1.807) is 0 Å². The number of Topliss-reactive ketones (excluding diaryl/α,β-unsaturated/α-hetero) is 2. The number of aliphatic carboxylic acids is 2. The Kier molecular flexibility index (Phi) is 17.7. The van der Waals surface area contributed by atoms with Crippen molar-refractivity contribution in [2.24, 2.45) is 0 Å². The number of hydrogen-bond donors (Lipinski definition) is 2. The minimum absolute atomic E-state index is 0.0124. The van der Waals surface area contributed by atoms with E-state index >= 15 is 0 Å². The van der Waals surface area contributed by atoms with Gasteiger partial charge in [0.2, 0.25) is 0 Å². The van der Waals surface area contributed by atoms with Crippen molar-refractivity contribution < 1.29 is 48.3 Å². The van der Waals surface area contributed by atoms with Gasteiger partial charge >= 0.3 is 11.9 Å². The molecule has 24 heavy (non-hydrogen) atoms. The summed E-state index contributed by atoms with van der Waals surface area (Å²) < 4.78 is 18.9. The summed E-state index contributed by atoms with van der Waals surface area (Å²) in [5.41, 5.74) is 0. The predicted octanol–water partition coefficient (Wildman–Crippen LogP) is -0.614. The second-order valence-electron chi connectivity index (χ2n) is 4.40. The number of carbonyl (C=O) groups is 4. The van der Waals surface area contributed by atoms with Crippen LogP contribution in [0.5, 0.6) is 0 Å². The van der Waals surface area contributed by atoms with E-state index in [0.29, 0.717) is 13.2 Å². The Hall–Kier alpha value is -1.88. The van der Waals surface area contributed by atoms with Crippen LogP contribution in [0.15, 0.2) is 0 Å². The van der Waals surface area contributed by atoms with Gasteiger partial charge in [0.25, 0.3) is 0 Å². The topological polar surface area (TPSA) is 146 Å². The molecule has 140 valence electrons. The maximum atomic E-state index is 10.4. The smallest absolute Gasteiger partial charge is 0.329 e. The van der Waals surface area contributed by atoms with E-state index in [4.69, 9.17) is 19.7 Å². The molecule has 0 amide bonds. The molecular weight excluding hydrogens is 328 g/mol. The van der Waals surface area contributed by atoms with Gasteiger partial charge < -0.3 is 29.2 Å². The van der Waals surface area contributed by atoms with E-state index in [9.17, 15) is 19.2 Å². The van der Waals surface area contributed by atoms with Gasteiger partial charge in [-0.15, -0.1) is 0 Å². The molecule has 10 nitrogen and oxygen atoms in total. The Labute approximate surface area is 139 Å². The van der Waals surface area contributed by atoms with Crippen LogP contribution in [0, 0.1) is 0 Å². The first-order valence-corrected chi connectivity index (χ1v) is 6.99. The Bertz CT molecular complexity index is 308. The van der Waals surface area contributed by atoms with Crippen molar-refractivity contribution in [1.29, 1.82) is 0 Å².